The monoisotopic (exact) mass is 625 g/mol. The summed E-state index contributed by atoms with van der Waals surface area (Å²) in [4.78, 5) is 0. The van der Waals surface area contributed by atoms with Crippen molar-refractivity contribution in [2.24, 2.45) is 0 Å². The Morgan fingerprint density at radius 3 is 1.18 bits per heavy atom. The van der Waals surface area contributed by atoms with E-state index in [9.17, 15) is 0 Å². The van der Waals surface area contributed by atoms with E-state index in [2.05, 4.69) is 190 Å². The molecule has 0 amide bonds. The van der Waals surface area contributed by atoms with Crippen LogP contribution in [0.4, 0.5) is 0 Å². The van der Waals surface area contributed by atoms with Crippen molar-refractivity contribution in [3.63, 3.8) is 0 Å². The quantitative estimate of drug-likeness (QED) is 0.179. The fourth-order valence-electron chi connectivity index (χ4n) is 6.46. The number of rotatable bonds is 5. The molecule has 0 fully saturated rings. The minimum Gasteiger partial charge on any atom is -0.308 e. The van der Waals surface area contributed by atoms with Crippen LogP contribution in [-0.4, -0.2) is 4.57 Å². The zero-order chi connectivity index (χ0) is 29.5. The summed E-state index contributed by atoms with van der Waals surface area (Å²) >= 11 is 3.84. The summed E-state index contributed by atoms with van der Waals surface area (Å²) < 4.78 is 3.45. The van der Waals surface area contributed by atoms with E-state index < -0.39 is 0 Å². The van der Waals surface area contributed by atoms with Crippen LogP contribution in [0, 0.1) is 0 Å². The van der Waals surface area contributed by atoms with Gasteiger partial charge in [0.25, 0.3) is 0 Å². The lowest BCUT2D eigenvalue weighted by atomic mass is 9.92. The highest BCUT2D eigenvalue weighted by molar-refractivity contribution is 9.10. The van der Waals surface area contributed by atoms with Gasteiger partial charge in [0.1, 0.15) is 0 Å². The van der Waals surface area contributed by atoms with E-state index in [1.54, 1.807) is 0 Å². The molecular weight excluding hydrogens is 598 g/mol. The van der Waals surface area contributed by atoms with E-state index in [1.807, 2.05) is 0 Å². The number of benzene rings is 7. The highest BCUT2D eigenvalue weighted by Gasteiger charge is 2.17. The molecular formula is C42H28BrN. The molecule has 1 aromatic heterocycles. The minimum atomic E-state index is 1.07. The van der Waals surface area contributed by atoms with Gasteiger partial charge < -0.3 is 4.57 Å². The number of halogens is 1. The van der Waals surface area contributed by atoms with Crippen molar-refractivity contribution in [3.05, 3.63) is 174 Å². The molecule has 0 aliphatic rings. The molecule has 1 heterocycles. The normalized spacial score (nSPS) is 11.3. The van der Waals surface area contributed by atoms with Crippen LogP contribution in [0.25, 0.3) is 72.0 Å². The Balaban J connectivity index is 1.39. The third kappa shape index (κ3) is 4.56. The number of hydrogen-bond acceptors (Lipinski definition) is 0. The molecule has 0 bridgehead atoms. The van der Waals surface area contributed by atoms with Crippen LogP contribution in [0.2, 0.25) is 0 Å². The largest absolute Gasteiger partial charge is 0.308 e. The molecule has 0 aliphatic carbocycles. The lowest BCUT2D eigenvalue weighted by molar-refractivity contribution is 1.17. The fourth-order valence-corrected chi connectivity index (χ4v) is 6.92. The summed E-state index contributed by atoms with van der Waals surface area (Å²) in [5.41, 5.74) is 13.3. The van der Waals surface area contributed by atoms with Gasteiger partial charge in [-0.05, 0) is 96.8 Å². The van der Waals surface area contributed by atoms with Crippen LogP contribution in [0.1, 0.15) is 0 Å². The fraction of sp³-hybridized carbons (Fsp3) is 0. The van der Waals surface area contributed by atoms with Gasteiger partial charge in [-0.15, -0.1) is 0 Å². The maximum Gasteiger partial charge on any atom is 0.0604 e. The summed E-state index contributed by atoms with van der Waals surface area (Å²) in [6.07, 6.45) is 0. The van der Waals surface area contributed by atoms with Gasteiger partial charge in [-0.3, -0.25) is 0 Å². The summed E-state index contributed by atoms with van der Waals surface area (Å²) in [5, 5.41) is 2.46. The van der Waals surface area contributed by atoms with Crippen LogP contribution in [0.3, 0.4) is 0 Å². The Labute approximate surface area is 265 Å². The van der Waals surface area contributed by atoms with Crippen LogP contribution >= 0.6 is 15.9 Å². The van der Waals surface area contributed by atoms with Crippen LogP contribution in [0.5, 0.6) is 0 Å². The zero-order valence-electron chi connectivity index (χ0n) is 24.0. The van der Waals surface area contributed by atoms with Crippen molar-refractivity contribution in [1.82, 2.24) is 4.57 Å². The topological polar surface area (TPSA) is 4.93 Å². The van der Waals surface area contributed by atoms with Gasteiger partial charge in [0.05, 0.1) is 16.7 Å². The van der Waals surface area contributed by atoms with E-state index >= 15 is 0 Å². The first-order valence-corrected chi connectivity index (χ1v) is 15.7. The van der Waals surface area contributed by atoms with Gasteiger partial charge in [0, 0.05) is 15.2 Å². The van der Waals surface area contributed by atoms with Gasteiger partial charge in [-0.1, -0.05) is 133 Å². The lowest BCUT2D eigenvalue weighted by Gasteiger charge is -2.12. The van der Waals surface area contributed by atoms with E-state index in [0.29, 0.717) is 0 Å². The predicted octanol–water partition coefficient (Wildman–Crippen LogP) is 12.2. The Kier molecular flexibility index (Phi) is 6.70. The van der Waals surface area contributed by atoms with Crippen molar-refractivity contribution in [1.29, 1.82) is 0 Å². The van der Waals surface area contributed by atoms with Crippen LogP contribution in [-0.2, 0) is 0 Å². The molecule has 0 saturated carbocycles. The van der Waals surface area contributed by atoms with Gasteiger partial charge in [0.2, 0.25) is 0 Å². The maximum atomic E-state index is 3.84. The van der Waals surface area contributed by atoms with Crippen molar-refractivity contribution in [3.8, 4) is 50.2 Å². The van der Waals surface area contributed by atoms with E-state index in [4.69, 9.17) is 0 Å². The zero-order valence-corrected chi connectivity index (χ0v) is 25.6. The molecule has 8 aromatic rings. The SMILES string of the molecule is Brc1ccccc1-n1c2ccc(-c3ccccc3-c3ccccc3)cc2c2cc(-c3ccccc3-c3ccccc3)ccc21. The number of para-hydroxylation sites is 1. The molecule has 1 nitrogen and oxygen atoms in total. The van der Waals surface area contributed by atoms with Crippen LogP contribution in [0.15, 0.2) is 174 Å². The van der Waals surface area contributed by atoms with Crippen molar-refractivity contribution < 1.29 is 0 Å². The molecule has 0 saturated heterocycles. The highest BCUT2D eigenvalue weighted by Crippen LogP contribution is 2.41. The van der Waals surface area contributed by atoms with Crippen LogP contribution < -0.4 is 0 Å². The Morgan fingerprint density at radius 2 is 0.727 bits per heavy atom. The Morgan fingerprint density at radius 1 is 0.341 bits per heavy atom. The summed E-state index contributed by atoms with van der Waals surface area (Å²) in [6, 6.07) is 61.1. The Bertz CT molecular complexity index is 2140. The lowest BCUT2D eigenvalue weighted by Crippen LogP contribution is -1.95. The Hall–Kier alpha value is -5.18. The number of hydrogen-bond donors (Lipinski definition) is 0. The molecule has 0 aliphatic heterocycles. The first-order valence-electron chi connectivity index (χ1n) is 14.9. The molecule has 44 heavy (non-hydrogen) atoms. The molecule has 2 heteroatoms. The minimum absolute atomic E-state index is 1.07. The molecule has 7 aromatic carbocycles. The molecule has 0 unspecified atom stereocenters. The molecule has 208 valence electrons. The third-order valence-electron chi connectivity index (χ3n) is 8.50. The van der Waals surface area contributed by atoms with Crippen molar-refractivity contribution in [2.45, 2.75) is 0 Å². The summed E-state index contributed by atoms with van der Waals surface area (Å²) in [5.74, 6) is 0. The number of fused-ring (bicyclic) bond motifs is 3. The summed E-state index contributed by atoms with van der Waals surface area (Å²) in [7, 11) is 0. The first-order chi connectivity index (χ1) is 21.8. The second-order valence-corrected chi connectivity index (χ2v) is 11.9. The molecule has 0 N–H and O–H groups in total. The van der Waals surface area contributed by atoms with E-state index in [0.717, 1.165) is 10.2 Å². The second-order valence-electron chi connectivity index (χ2n) is 11.1. The maximum absolute atomic E-state index is 3.84. The molecule has 0 radical (unpaired) electrons. The predicted molar refractivity (Wildman–Crippen MR) is 190 cm³/mol. The smallest absolute Gasteiger partial charge is 0.0604 e. The highest BCUT2D eigenvalue weighted by atomic mass is 79.9. The molecule has 8 rings (SSSR count). The number of nitrogens with zero attached hydrogens (tertiary/aromatic N) is 1. The van der Waals surface area contributed by atoms with E-state index in [-0.39, 0.29) is 0 Å². The summed E-state index contributed by atoms with van der Waals surface area (Å²) in [6.45, 7) is 0. The first kappa shape index (κ1) is 26.4. The third-order valence-corrected chi connectivity index (χ3v) is 9.17. The van der Waals surface area contributed by atoms with Gasteiger partial charge in [-0.25, -0.2) is 0 Å². The standard InChI is InChI=1S/C42H28BrN/c43-39-21-11-12-22-42(39)44-40-25-23-31(35-19-9-7-17-33(35)29-13-3-1-4-14-29)27-37(40)38-28-32(24-26-41(38)44)36-20-10-8-18-34(36)30-15-5-2-6-16-30/h1-28H. The van der Waals surface area contributed by atoms with Crippen molar-refractivity contribution >= 4 is 37.7 Å². The molecule has 0 atom stereocenters. The molecule has 0 spiro atoms. The van der Waals surface area contributed by atoms with Gasteiger partial charge >= 0.3 is 0 Å². The van der Waals surface area contributed by atoms with Gasteiger partial charge in [-0.2, -0.15) is 0 Å². The average Bonchev–Trinajstić information content (AvgIpc) is 3.42. The van der Waals surface area contributed by atoms with Crippen molar-refractivity contribution in [2.75, 3.05) is 0 Å². The second kappa shape index (κ2) is 11.1. The van der Waals surface area contributed by atoms with Gasteiger partial charge in [0.15, 0.2) is 0 Å². The number of aromatic nitrogens is 1. The average molecular weight is 627 g/mol. The van der Waals surface area contributed by atoms with E-state index in [1.165, 1.54) is 66.3 Å².